The van der Waals surface area contributed by atoms with Crippen LogP contribution in [0.4, 0.5) is 16.3 Å². The van der Waals surface area contributed by atoms with Crippen molar-refractivity contribution in [1.29, 1.82) is 5.26 Å². The minimum atomic E-state index is -1.01. The number of nitrogens with one attached hydrogen (secondary N) is 1. The topological polar surface area (TPSA) is 98.6 Å². The number of nitrogens with zero attached hydrogens (tertiary/aromatic N) is 4. The molecular weight excluding hydrogens is 418 g/mol. The zero-order chi connectivity index (χ0) is 24.4. The molecule has 2 heterocycles. The lowest BCUT2D eigenvalue weighted by Gasteiger charge is -2.28. The molecule has 0 unspecified atom stereocenters. The van der Waals surface area contributed by atoms with Gasteiger partial charge in [0, 0.05) is 25.9 Å². The molecule has 2 aromatic rings. The van der Waals surface area contributed by atoms with Crippen LogP contribution in [0.25, 0.3) is 0 Å². The van der Waals surface area contributed by atoms with E-state index in [0.29, 0.717) is 18.1 Å². The molecule has 0 spiro atoms. The fourth-order valence-electron chi connectivity index (χ4n) is 3.80. The summed E-state index contributed by atoms with van der Waals surface area (Å²) in [5.74, 6) is 0.390. The normalized spacial score (nSPS) is 16.6. The zero-order valence-electron chi connectivity index (χ0n) is 20.0. The van der Waals surface area contributed by atoms with Crippen LogP contribution in [0.2, 0.25) is 0 Å². The number of hydrogen-bond donors (Lipinski definition) is 1. The van der Waals surface area contributed by atoms with Gasteiger partial charge in [0.25, 0.3) is 5.91 Å². The number of pyridine rings is 1. The number of rotatable bonds is 8. The smallest absolute Gasteiger partial charge is 0.332 e. The van der Waals surface area contributed by atoms with Crippen molar-refractivity contribution in [3.05, 3.63) is 53.7 Å². The highest BCUT2D eigenvalue weighted by Gasteiger charge is 2.51. The molecule has 33 heavy (non-hydrogen) atoms. The van der Waals surface area contributed by atoms with Gasteiger partial charge in [-0.25, -0.2) is 14.7 Å². The molecule has 174 valence electrons. The minimum absolute atomic E-state index is 0.0775. The van der Waals surface area contributed by atoms with Crippen molar-refractivity contribution in [2.24, 2.45) is 0 Å². The van der Waals surface area contributed by atoms with E-state index in [2.05, 4.69) is 16.4 Å². The average Bonchev–Trinajstić information content (AvgIpc) is 2.93. The Kier molecular flexibility index (Phi) is 6.75. The van der Waals surface area contributed by atoms with Crippen molar-refractivity contribution in [2.75, 3.05) is 23.9 Å². The van der Waals surface area contributed by atoms with Gasteiger partial charge >= 0.3 is 6.03 Å². The molecule has 3 amide bonds. The summed E-state index contributed by atoms with van der Waals surface area (Å²) in [6.07, 6.45) is 1.68. The number of imide groups is 1. The molecule has 0 radical (unpaired) electrons. The van der Waals surface area contributed by atoms with E-state index in [4.69, 9.17) is 4.74 Å². The number of aromatic nitrogens is 1. The van der Waals surface area contributed by atoms with Crippen LogP contribution < -0.4 is 10.2 Å². The molecule has 1 aromatic heterocycles. The molecule has 1 aliphatic heterocycles. The van der Waals surface area contributed by atoms with Crippen molar-refractivity contribution in [3.8, 4) is 6.07 Å². The summed E-state index contributed by atoms with van der Waals surface area (Å²) in [4.78, 5) is 33.7. The lowest BCUT2D eigenvalue weighted by molar-refractivity contribution is -0.123. The first-order valence-corrected chi connectivity index (χ1v) is 10.9. The number of carbonyl (C=O) groups is 2. The van der Waals surface area contributed by atoms with Crippen molar-refractivity contribution in [3.63, 3.8) is 0 Å². The van der Waals surface area contributed by atoms with E-state index in [1.54, 1.807) is 56.3 Å². The highest BCUT2D eigenvalue weighted by molar-refractivity contribution is 6.22. The maximum Gasteiger partial charge on any atom is 0.332 e. The molecule has 0 aliphatic carbocycles. The number of amides is 3. The van der Waals surface area contributed by atoms with Crippen molar-refractivity contribution < 1.29 is 14.3 Å². The van der Waals surface area contributed by atoms with E-state index in [1.165, 1.54) is 4.90 Å². The highest BCUT2D eigenvalue weighted by atomic mass is 16.5. The molecule has 1 fully saturated rings. The molecule has 1 aromatic carbocycles. The third kappa shape index (κ3) is 4.83. The van der Waals surface area contributed by atoms with Gasteiger partial charge < -0.3 is 15.0 Å². The second-order valence-electron chi connectivity index (χ2n) is 9.40. The maximum absolute atomic E-state index is 13.4. The van der Waals surface area contributed by atoms with Crippen molar-refractivity contribution in [1.82, 2.24) is 9.88 Å². The van der Waals surface area contributed by atoms with Gasteiger partial charge in [-0.1, -0.05) is 12.1 Å². The van der Waals surface area contributed by atoms with Crippen LogP contribution in [0.5, 0.6) is 0 Å². The number of carbonyl (C=O) groups excluding carboxylic acids is 2. The zero-order valence-corrected chi connectivity index (χ0v) is 20.0. The van der Waals surface area contributed by atoms with E-state index in [-0.39, 0.29) is 24.5 Å². The van der Waals surface area contributed by atoms with Gasteiger partial charge in [0.2, 0.25) is 0 Å². The Morgan fingerprint density at radius 3 is 2.48 bits per heavy atom. The summed E-state index contributed by atoms with van der Waals surface area (Å²) in [6, 6.07) is 12.7. The van der Waals surface area contributed by atoms with E-state index < -0.39 is 11.0 Å². The number of nitriles is 1. The highest BCUT2D eigenvalue weighted by Crippen LogP contribution is 2.34. The summed E-state index contributed by atoms with van der Waals surface area (Å²) in [6.45, 7) is 9.95. The minimum Gasteiger partial charge on any atom is -0.383 e. The van der Waals surface area contributed by atoms with Crippen LogP contribution in [-0.2, 0) is 21.5 Å². The monoisotopic (exact) mass is 449 g/mol. The van der Waals surface area contributed by atoms with Crippen molar-refractivity contribution in [2.45, 2.75) is 58.2 Å². The molecule has 3 rings (SSSR count). The first-order chi connectivity index (χ1) is 15.5. The van der Waals surface area contributed by atoms with Crippen LogP contribution in [0, 0.1) is 11.3 Å². The molecular formula is C25H31N5O3. The third-order valence-corrected chi connectivity index (χ3v) is 5.93. The SMILES string of the molecule is COC[C@@H](C)Nc1cc(CN2C(=O)N(c3ccc(C(C)(C)C#N)cc3)C(=O)C2(C)C)ccn1. The average molecular weight is 450 g/mol. The Morgan fingerprint density at radius 2 is 1.88 bits per heavy atom. The number of methoxy groups -OCH3 is 1. The van der Waals surface area contributed by atoms with Gasteiger partial charge in [-0.2, -0.15) is 5.26 Å². The lowest BCUT2D eigenvalue weighted by atomic mass is 9.86. The predicted octanol–water partition coefficient (Wildman–Crippen LogP) is 4.08. The first-order valence-electron chi connectivity index (χ1n) is 10.9. The lowest BCUT2D eigenvalue weighted by Crippen LogP contribution is -2.43. The van der Waals surface area contributed by atoms with Crippen LogP contribution in [0.15, 0.2) is 42.6 Å². The molecule has 0 bridgehead atoms. The van der Waals surface area contributed by atoms with Gasteiger partial charge in [0.1, 0.15) is 11.4 Å². The Hall–Kier alpha value is -3.44. The fourth-order valence-corrected chi connectivity index (χ4v) is 3.80. The maximum atomic E-state index is 13.4. The summed E-state index contributed by atoms with van der Waals surface area (Å²) in [5, 5.41) is 12.6. The molecule has 1 atom stereocenters. The fraction of sp³-hybridized carbons (Fsp3) is 0.440. The van der Waals surface area contributed by atoms with Crippen LogP contribution >= 0.6 is 0 Å². The number of ether oxygens (including phenoxy) is 1. The van der Waals surface area contributed by atoms with Crippen LogP contribution in [0.3, 0.4) is 0 Å². The second kappa shape index (κ2) is 9.20. The van der Waals surface area contributed by atoms with E-state index in [1.807, 2.05) is 32.9 Å². The third-order valence-electron chi connectivity index (χ3n) is 5.93. The van der Waals surface area contributed by atoms with Crippen LogP contribution in [-0.4, -0.2) is 47.1 Å². The van der Waals surface area contributed by atoms with E-state index in [9.17, 15) is 14.9 Å². The van der Waals surface area contributed by atoms with Gasteiger partial charge in [-0.3, -0.25) is 4.79 Å². The predicted molar refractivity (Wildman–Crippen MR) is 127 cm³/mol. The summed E-state index contributed by atoms with van der Waals surface area (Å²) < 4.78 is 5.15. The molecule has 8 heteroatoms. The first kappa shape index (κ1) is 24.2. The number of anilines is 2. The van der Waals surface area contributed by atoms with E-state index in [0.717, 1.165) is 11.1 Å². The molecule has 8 nitrogen and oxygen atoms in total. The van der Waals surface area contributed by atoms with Gasteiger partial charge in [0.15, 0.2) is 0 Å². The molecule has 1 N–H and O–H groups in total. The van der Waals surface area contributed by atoms with Gasteiger partial charge in [-0.15, -0.1) is 0 Å². The summed E-state index contributed by atoms with van der Waals surface area (Å²) in [5.41, 5.74) is 0.504. The van der Waals surface area contributed by atoms with Gasteiger partial charge in [-0.05, 0) is 70.0 Å². The standard InChI is InChI=1S/C25H31N5O3/c1-17(15-33-6)28-21-13-18(11-12-27-21)14-29-23(32)30(22(31)25(29,4)5)20-9-7-19(8-10-20)24(2,3)16-26/h7-13,17H,14-15H2,1-6H3,(H,27,28)/t17-/m1/s1. The Bertz CT molecular complexity index is 1070. The Balaban J connectivity index is 1.83. The largest absolute Gasteiger partial charge is 0.383 e. The molecule has 0 saturated carbocycles. The number of benzene rings is 1. The van der Waals surface area contributed by atoms with Crippen molar-refractivity contribution >= 4 is 23.4 Å². The van der Waals surface area contributed by atoms with E-state index >= 15 is 0 Å². The molecule has 1 saturated heterocycles. The summed E-state index contributed by atoms with van der Waals surface area (Å²) >= 11 is 0. The summed E-state index contributed by atoms with van der Waals surface area (Å²) in [7, 11) is 1.64. The quantitative estimate of drug-likeness (QED) is 0.610. The van der Waals surface area contributed by atoms with Crippen LogP contribution in [0.1, 0.15) is 45.7 Å². The molecule has 1 aliphatic rings. The van der Waals surface area contributed by atoms with Gasteiger partial charge in [0.05, 0.1) is 23.8 Å². The number of hydrogen-bond acceptors (Lipinski definition) is 6. The Morgan fingerprint density at radius 1 is 1.21 bits per heavy atom. The Labute approximate surface area is 195 Å². The number of urea groups is 1. The second-order valence-corrected chi connectivity index (χ2v) is 9.40.